The highest BCUT2D eigenvalue weighted by molar-refractivity contribution is 5.71. The van der Waals surface area contributed by atoms with Crippen molar-refractivity contribution in [1.82, 2.24) is 0 Å². The number of hydrogen-bond acceptors (Lipinski definition) is 1. The Morgan fingerprint density at radius 2 is 1.64 bits per heavy atom. The number of fused-ring (bicyclic) bond motifs is 1. The molecule has 0 radical (unpaired) electrons. The normalized spacial score (nSPS) is 16.7. The van der Waals surface area contributed by atoms with E-state index in [1.54, 1.807) is 28.9 Å². The molecule has 4 nitrogen and oxygen atoms in total. The number of allylic oxidation sites excluding steroid dienone is 4. The quantitative estimate of drug-likeness (QED) is 0.203. The van der Waals surface area contributed by atoms with Gasteiger partial charge in [-0.25, -0.2) is 4.39 Å². The molecule has 1 aromatic rings. The van der Waals surface area contributed by atoms with Crippen molar-refractivity contribution in [2.45, 2.75) is 92.7 Å². The summed E-state index contributed by atoms with van der Waals surface area (Å²) in [5.41, 5.74) is 8.37. The minimum Gasteiger partial charge on any atom is -0.509 e. The van der Waals surface area contributed by atoms with Gasteiger partial charge in [0.05, 0.1) is 0 Å². The van der Waals surface area contributed by atoms with Gasteiger partial charge in [-0.2, -0.15) is 0 Å². The summed E-state index contributed by atoms with van der Waals surface area (Å²) in [6, 6.07) is 2.41. The lowest BCUT2D eigenvalue weighted by molar-refractivity contribution is 0.221. The molecule has 0 heterocycles. The van der Waals surface area contributed by atoms with E-state index in [2.05, 4.69) is 72.7 Å². The average molecular weight is 553 g/mol. The van der Waals surface area contributed by atoms with Gasteiger partial charge in [0.15, 0.2) is 0 Å². The molecule has 1 aromatic carbocycles. The molecule has 1 unspecified atom stereocenters. The molecule has 0 amide bonds. The first-order valence-electron chi connectivity index (χ1n) is 13.1. The SMILES string of the molecule is C=CC.C=CC(=C)O.C=CCC(C)(C)F.C=Cc1cc2c(c(C)c1/C=C(\C)C1CC1)CC(C)(CC)C2.O.O.O.[HH].[HH]. The Labute approximate surface area is 241 Å². The number of aliphatic hydroxyl groups excluding tert-OH is 1. The summed E-state index contributed by atoms with van der Waals surface area (Å²) in [5, 5.41) is 8.05. The van der Waals surface area contributed by atoms with Gasteiger partial charge in [-0.3, -0.25) is 0 Å². The lowest BCUT2D eigenvalue weighted by Crippen LogP contribution is -2.14. The third kappa shape index (κ3) is 16.1. The largest absolute Gasteiger partial charge is 0.509 e. The highest BCUT2D eigenvalue weighted by Crippen LogP contribution is 2.43. The van der Waals surface area contributed by atoms with E-state index >= 15 is 0 Å². The van der Waals surface area contributed by atoms with Gasteiger partial charge in [-0.05, 0) is 112 Å². The summed E-state index contributed by atoms with van der Waals surface area (Å²) in [4.78, 5) is 0. The molecule has 39 heavy (non-hydrogen) atoms. The molecule has 0 spiro atoms. The van der Waals surface area contributed by atoms with E-state index in [9.17, 15) is 4.39 Å². The topological polar surface area (TPSA) is 115 Å². The molecule has 228 valence electrons. The zero-order valence-corrected chi connectivity index (χ0v) is 25.6. The average Bonchev–Trinajstić information content (AvgIpc) is 3.59. The molecule has 3 rings (SSSR count). The van der Waals surface area contributed by atoms with Crippen LogP contribution >= 0.6 is 0 Å². The van der Waals surface area contributed by atoms with Crippen molar-refractivity contribution in [1.29, 1.82) is 0 Å². The lowest BCUT2D eigenvalue weighted by Gasteiger charge is -2.20. The Balaban J connectivity index is -0.000000130. The van der Waals surface area contributed by atoms with Crippen molar-refractivity contribution in [2.24, 2.45) is 11.3 Å². The van der Waals surface area contributed by atoms with E-state index < -0.39 is 5.67 Å². The van der Waals surface area contributed by atoms with E-state index in [0.717, 1.165) is 5.92 Å². The van der Waals surface area contributed by atoms with Gasteiger partial charge in [-0.15, -0.1) is 13.2 Å². The fourth-order valence-electron chi connectivity index (χ4n) is 4.16. The van der Waals surface area contributed by atoms with Gasteiger partial charge < -0.3 is 21.5 Å². The number of halogens is 1. The number of hydrogen-bond donors (Lipinski definition) is 1. The first kappa shape index (κ1) is 43.3. The smallest absolute Gasteiger partial charge is 0.108 e. The summed E-state index contributed by atoms with van der Waals surface area (Å²) in [5.74, 6) is 0.862. The molecule has 1 atom stereocenters. The van der Waals surface area contributed by atoms with Crippen molar-refractivity contribution in [3.63, 3.8) is 0 Å². The highest BCUT2D eigenvalue weighted by atomic mass is 19.1. The van der Waals surface area contributed by atoms with E-state index in [1.165, 1.54) is 68.7 Å². The van der Waals surface area contributed by atoms with Crippen molar-refractivity contribution >= 4 is 12.2 Å². The van der Waals surface area contributed by atoms with Gasteiger partial charge >= 0.3 is 0 Å². The van der Waals surface area contributed by atoms with E-state index in [0.29, 0.717) is 11.8 Å². The molecule has 1 fully saturated rings. The highest BCUT2D eigenvalue weighted by Gasteiger charge is 2.33. The predicted molar refractivity (Wildman–Crippen MR) is 176 cm³/mol. The van der Waals surface area contributed by atoms with Crippen LogP contribution in [0.15, 0.2) is 68.5 Å². The molecule has 0 saturated heterocycles. The number of benzene rings is 1. The number of rotatable bonds is 7. The molecule has 5 heteroatoms. The van der Waals surface area contributed by atoms with Crippen LogP contribution in [0.1, 0.15) is 97.9 Å². The fourth-order valence-corrected chi connectivity index (χ4v) is 4.16. The molecule has 0 aliphatic heterocycles. The Bertz CT molecular complexity index is 960. The molecular weight excluding hydrogens is 491 g/mol. The van der Waals surface area contributed by atoms with Crippen LogP contribution in [0.4, 0.5) is 4.39 Å². The van der Waals surface area contributed by atoms with Crippen molar-refractivity contribution < 1.29 is 28.8 Å². The van der Waals surface area contributed by atoms with Gasteiger partial charge in [-0.1, -0.05) is 75.9 Å². The summed E-state index contributed by atoms with van der Waals surface area (Å²) >= 11 is 0. The van der Waals surface area contributed by atoms with Gasteiger partial charge in [0.1, 0.15) is 11.4 Å². The Morgan fingerprint density at radius 3 is 1.95 bits per heavy atom. The third-order valence-corrected chi connectivity index (χ3v) is 6.64. The van der Waals surface area contributed by atoms with Crippen LogP contribution in [0.2, 0.25) is 0 Å². The molecule has 2 aliphatic carbocycles. The maximum Gasteiger partial charge on any atom is 0.108 e. The second-order valence-corrected chi connectivity index (χ2v) is 10.8. The molecule has 7 N–H and O–H groups in total. The fraction of sp³-hybridized carbons (Fsp3) is 0.471. The minimum absolute atomic E-state index is 0. The maximum absolute atomic E-state index is 12.3. The van der Waals surface area contributed by atoms with Crippen molar-refractivity contribution in [3.8, 4) is 0 Å². The van der Waals surface area contributed by atoms with Crippen LogP contribution in [-0.2, 0) is 12.8 Å². The Morgan fingerprint density at radius 1 is 1.15 bits per heavy atom. The maximum atomic E-state index is 12.3. The van der Waals surface area contributed by atoms with Crippen LogP contribution in [0.5, 0.6) is 0 Å². The second kappa shape index (κ2) is 20.2. The zero-order chi connectivity index (χ0) is 28.1. The molecule has 0 bridgehead atoms. The van der Waals surface area contributed by atoms with Crippen LogP contribution in [-0.4, -0.2) is 27.2 Å². The van der Waals surface area contributed by atoms with Gasteiger partial charge in [0.25, 0.3) is 0 Å². The predicted octanol–water partition coefficient (Wildman–Crippen LogP) is 8.73. The summed E-state index contributed by atoms with van der Waals surface area (Å²) in [6.07, 6.45) is 16.0. The standard InChI is InChI=1S/C21H28.C6H11F.C4H6O.C3H6.3H2O.2H2/c1-6-16-11-18-12-21(5,7-2)13-20(18)15(4)19(16)10-14(3)17-8-9-17;1-4-5-6(2,3)7;1-3-4(2)5;1-3-2;;;;;/h6,10-11,17H,1,7-9,12-13H2,2-5H3;4H,1,5H2,2-3H3;3,5H,1-2H2;3H,1H2,2H3;3*1H2;2*1H/b14-10+;;;;;;;;. The monoisotopic (exact) mass is 552 g/mol. The second-order valence-electron chi connectivity index (χ2n) is 10.8. The molecular formula is C34H61FO4. The number of alkyl halides is 1. The van der Waals surface area contributed by atoms with Crippen LogP contribution < -0.4 is 0 Å². The minimum atomic E-state index is -1.07. The van der Waals surface area contributed by atoms with E-state index in [1.807, 2.05) is 13.0 Å². The molecule has 2 aliphatic rings. The summed E-state index contributed by atoms with van der Waals surface area (Å²) in [6.45, 7) is 31.5. The molecule has 1 saturated carbocycles. The summed E-state index contributed by atoms with van der Waals surface area (Å²) < 4.78 is 12.3. The van der Waals surface area contributed by atoms with Crippen LogP contribution in [0.25, 0.3) is 12.2 Å². The van der Waals surface area contributed by atoms with E-state index in [-0.39, 0.29) is 25.0 Å². The summed E-state index contributed by atoms with van der Waals surface area (Å²) in [7, 11) is 0. The Kier molecular flexibility index (Phi) is 22.5. The Hall–Kier alpha value is -2.73. The van der Waals surface area contributed by atoms with Crippen LogP contribution in [0, 0.1) is 18.3 Å². The zero-order valence-electron chi connectivity index (χ0n) is 25.6. The van der Waals surface area contributed by atoms with Crippen molar-refractivity contribution in [3.05, 3.63) is 96.3 Å². The van der Waals surface area contributed by atoms with Gasteiger partial charge in [0.2, 0.25) is 0 Å². The number of aliphatic hydroxyl groups is 1. The van der Waals surface area contributed by atoms with Crippen LogP contribution in [0.3, 0.4) is 0 Å². The first-order chi connectivity index (χ1) is 16.7. The first-order valence-corrected chi connectivity index (χ1v) is 13.1. The third-order valence-electron chi connectivity index (χ3n) is 6.64. The lowest BCUT2D eigenvalue weighted by atomic mass is 9.84. The van der Waals surface area contributed by atoms with Crippen molar-refractivity contribution in [2.75, 3.05) is 0 Å². The van der Waals surface area contributed by atoms with E-state index in [4.69, 9.17) is 5.11 Å². The molecule has 0 aromatic heterocycles. The van der Waals surface area contributed by atoms with Gasteiger partial charge in [0, 0.05) is 2.85 Å².